The van der Waals surface area contributed by atoms with Crippen LogP contribution in [0.1, 0.15) is 24.9 Å². The van der Waals surface area contributed by atoms with Gasteiger partial charge in [0.15, 0.2) is 5.89 Å². The van der Waals surface area contributed by atoms with Gasteiger partial charge in [0, 0.05) is 13.3 Å². The van der Waals surface area contributed by atoms with Crippen LogP contribution in [0.2, 0.25) is 0 Å². The van der Waals surface area contributed by atoms with E-state index in [2.05, 4.69) is 4.98 Å². The molecule has 0 aromatic carbocycles. The number of carbonyl (C=O) groups excluding carboxylic acids is 1. The number of nitrogens with zero attached hydrogens (tertiary/aromatic N) is 1. The molecule has 1 heterocycles. The Labute approximate surface area is 65.4 Å². The summed E-state index contributed by atoms with van der Waals surface area (Å²) in [4.78, 5) is 14.9. The lowest BCUT2D eigenvalue weighted by Gasteiger charge is -1.89. The smallest absolute Gasteiger partial charge is 0.191 e. The lowest BCUT2D eigenvalue weighted by Crippen LogP contribution is -2.00. The van der Waals surface area contributed by atoms with Gasteiger partial charge in [-0.15, -0.1) is 0 Å². The molecule has 1 rings (SSSR count). The van der Waals surface area contributed by atoms with E-state index in [0.717, 1.165) is 5.69 Å². The van der Waals surface area contributed by atoms with Crippen LogP contribution in [-0.4, -0.2) is 10.8 Å². The van der Waals surface area contributed by atoms with Gasteiger partial charge in [-0.05, 0) is 0 Å². The van der Waals surface area contributed by atoms with Crippen molar-refractivity contribution in [3.63, 3.8) is 0 Å². The number of carbonyl (C=O) groups is 1. The van der Waals surface area contributed by atoms with Gasteiger partial charge in [0.25, 0.3) is 0 Å². The van der Waals surface area contributed by atoms with Crippen LogP contribution < -0.4 is 0 Å². The summed E-state index contributed by atoms with van der Waals surface area (Å²) in [6, 6.07) is 0. The standard InChI is InChI=1S/C8H11NO2/c1-3-8(10)4-7-5-11-6(2)9-7/h5H,3-4H2,1-2H3. The van der Waals surface area contributed by atoms with E-state index in [0.29, 0.717) is 18.7 Å². The average Bonchev–Trinajstić information content (AvgIpc) is 2.35. The van der Waals surface area contributed by atoms with Gasteiger partial charge in [0.1, 0.15) is 12.0 Å². The van der Waals surface area contributed by atoms with E-state index in [1.165, 1.54) is 6.26 Å². The Hall–Kier alpha value is -1.12. The minimum Gasteiger partial charge on any atom is -0.449 e. The fourth-order valence-electron chi connectivity index (χ4n) is 0.816. The molecule has 0 aliphatic rings. The summed E-state index contributed by atoms with van der Waals surface area (Å²) in [7, 11) is 0. The van der Waals surface area contributed by atoms with Crippen molar-refractivity contribution in [2.75, 3.05) is 0 Å². The molecule has 3 heteroatoms. The second-order valence-corrected chi connectivity index (χ2v) is 2.43. The van der Waals surface area contributed by atoms with Crippen LogP contribution in [-0.2, 0) is 11.2 Å². The fourth-order valence-corrected chi connectivity index (χ4v) is 0.816. The quantitative estimate of drug-likeness (QED) is 0.661. The Bertz CT molecular complexity index is 252. The van der Waals surface area contributed by atoms with Crippen molar-refractivity contribution in [1.29, 1.82) is 0 Å². The first-order chi connectivity index (χ1) is 5.22. The highest BCUT2D eigenvalue weighted by Crippen LogP contribution is 2.02. The molecule has 0 atom stereocenters. The lowest BCUT2D eigenvalue weighted by atomic mass is 10.2. The second kappa shape index (κ2) is 3.32. The van der Waals surface area contributed by atoms with Crippen LogP contribution in [0.3, 0.4) is 0 Å². The maximum Gasteiger partial charge on any atom is 0.191 e. The summed E-state index contributed by atoms with van der Waals surface area (Å²) >= 11 is 0. The first kappa shape index (κ1) is 7.98. The molecule has 1 aromatic heterocycles. The third-order valence-electron chi connectivity index (χ3n) is 1.44. The summed E-state index contributed by atoms with van der Waals surface area (Å²) in [6.07, 6.45) is 2.49. The monoisotopic (exact) mass is 153 g/mol. The zero-order chi connectivity index (χ0) is 8.27. The highest BCUT2D eigenvalue weighted by atomic mass is 16.3. The van der Waals surface area contributed by atoms with Gasteiger partial charge in [0.05, 0.1) is 12.1 Å². The van der Waals surface area contributed by atoms with Crippen LogP contribution in [0, 0.1) is 6.92 Å². The van der Waals surface area contributed by atoms with E-state index in [-0.39, 0.29) is 5.78 Å². The summed E-state index contributed by atoms with van der Waals surface area (Å²) < 4.78 is 4.95. The molecular formula is C8H11NO2. The van der Waals surface area contributed by atoms with Crippen molar-refractivity contribution in [2.45, 2.75) is 26.7 Å². The van der Waals surface area contributed by atoms with Crippen LogP contribution in [0.25, 0.3) is 0 Å². The number of rotatable bonds is 3. The maximum atomic E-state index is 10.9. The number of Topliss-reactive ketones (excluding diaryl/α,β-unsaturated/α-hetero) is 1. The van der Waals surface area contributed by atoms with Crippen molar-refractivity contribution >= 4 is 5.78 Å². The van der Waals surface area contributed by atoms with E-state index < -0.39 is 0 Å². The van der Waals surface area contributed by atoms with Gasteiger partial charge in [-0.1, -0.05) is 6.92 Å². The summed E-state index contributed by atoms with van der Waals surface area (Å²) in [5.74, 6) is 0.808. The van der Waals surface area contributed by atoms with Crippen LogP contribution in [0.4, 0.5) is 0 Å². The average molecular weight is 153 g/mol. The van der Waals surface area contributed by atoms with E-state index in [1.54, 1.807) is 6.92 Å². The zero-order valence-electron chi connectivity index (χ0n) is 6.76. The van der Waals surface area contributed by atoms with E-state index in [4.69, 9.17) is 4.42 Å². The number of hydrogen-bond acceptors (Lipinski definition) is 3. The molecule has 0 bridgehead atoms. The molecule has 0 spiro atoms. The third kappa shape index (κ3) is 2.18. The van der Waals surface area contributed by atoms with E-state index >= 15 is 0 Å². The number of hydrogen-bond donors (Lipinski definition) is 0. The van der Waals surface area contributed by atoms with Gasteiger partial charge in [0.2, 0.25) is 0 Å². The Kier molecular flexibility index (Phi) is 2.41. The van der Waals surface area contributed by atoms with Gasteiger partial charge in [-0.25, -0.2) is 4.98 Å². The van der Waals surface area contributed by atoms with Crippen molar-refractivity contribution in [1.82, 2.24) is 4.98 Å². The molecule has 0 aliphatic heterocycles. The number of aromatic nitrogens is 1. The van der Waals surface area contributed by atoms with Crippen LogP contribution in [0.15, 0.2) is 10.7 Å². The molecule has 0 fully saturated rings. The van der Waals surface area contributed by atoms with Crippen LogP contribution >= 0.6 is 0 Å². The van der Waals surface area contributed by atoms with E-state index in [9.17, 15) is 4.79 Å². The topological polar surface area (TPSA) is 43.1 Å². The molecule has 0 unspecified atom stereocenters. The highest BCUT2D eigenvalue weighted by molar-refractivity contribution is 5.79. The zero-order valence-corrected chi connectivity index (χ0v) is 6.76. The maximum absolute atomic E-state index is 10.9. The molecule has 1 aromatic rings. The third-order valence-corrected chi connectivity index (χ3v) is 1.44. The molecule has 60 valence electrons. The molecule has 0 N–H and O–H groups in total. The summed E-state index contributed by atoms with van der Waals surface area (Å²) in [6.45, 7) is 3.61. The first-order valence-corrected chi connectivity index (χ1v) is 3.65. The summed E-state index contributed by atoms with van der Waals surface area (Å²) in [5, 5.41) is 0. The molecule has 11 heavy (non-hydrogen) atoms. The van der Waals surface area contributed by atoms with E-state index in [1.807, 2.05) is 6.92 Å². The SMILES string of the molecule is CCC(=O)Cc1coc(C)n1. The summed E-state index contributed by atoms with van der Waals surface area (Å²) in [5.41, 5.74) is 0.731. The first-order valence-electron chi connectivity index (χ1n) is 3.65. The minimum absolute atomic E-state index is 0.193. The van der Waals surface area contributed by atoms with Crippen molar-refractivity contribution < 1.29 is 9.21 Å². The lowest BCUT2D eigenvalue weighted by molar-refractivity contribution is -0.118. The molecule has 0 aliphatic carbocycles. The number of oxazole rings is 1. The van der Waals surface area contributed by atoms with Crippen molar-refractivity contribution in [3.05, 3.63) is 17.8 Å². The number of aryl methyl sites for hydroxylation is 1. The second-order valence-electron chi connectivity index (χ2n) is 2.43. The Morgan fingerprint density at radius 2 is 2.45 bits per heavy atom. The molecule has 0 radical (unpaired) electrons. The van der Waals surface area contributed by atoms with Crippen LogP contribution in [0.5, 0.6) is 0 Å². The van der Waals surface area contributed by atoms with Gasteiger partial charge < -0.3 is 4.42 Å². The normalized spacial score (nSPS) is 10.0. The van der Waals surface area contributed by atoms with Gasteiger partial charge in [-0.3, -0.25) is 4.79 Å². The Morgan fingerprint density at radius 3 is 2.91 bits per heavy atom. The molecule has 3 nitrogen and oxygen atoms in total. The predicted molar refractivity (Wildman–Crippen MR) is 40.2 cm³/mol. The fraction of sp³-hybridized carbons (Fsp3) is 0.500. The minimum atomic E-state index is 0.193. The predicted octanol–water partition coefficient (Wildman–Crippen LogP) is 1.50. The van der Waals surface area contributed by atoms with Gasteiger partial charge in [-0.2, -0.15) is 0 Å². The van der Waals surface area contributed by atoms with Crippen molar-refractivity contribution in [3.8, 4) is 0 Å². The molecule has 0 saturated carbocycles. The molecule has 0 saturated heterocycles. The molecule has 0 amide bonds. The Morgan fingerprint density at radius 1 is 1.73 bits per heavy atom. The number of ketones is 1. The highest BCUT2D eigenvalue weighted by Gasteiger charge is 2.04. The van der Waals surface area contributed by atoms with Gasteiger partial charge >= 0.3 is 0 Å². The largest absolute Gasteiger partial charge is 0.449 e. The molecular weight excluding hydrogens is 142 g/mol. The Balaban J connectivity index is 2.57. The van der Waals surface area contributed by atoms with Crippen molar-refractivity contribution in [2.24, 2.45) is 0 Å².